The second-order valence-electron chi connectivity index (χ2n) is 5.85. The largest absolute Gasteiger partial charge is 0.364 e. The molecule has 1 aliphatic heterocycles. The number of amides is 2. The summed E-state index contributed by atoms with van der Waals surface area (Å²) in [7, 11) is 0. The van der Waals surface area contributed by atoms with E-state index in [-0.39, 0.29) is 18.4 Å². The number of rotatable bonds is 7. The van der Waals surface area contributed by atoms with Crippen molar-refractivity contribution in [2.45, 2.75) is 0 Å². The van der Waals surface area contributed by atoms with Crippen molar-refractivity contribution < 1.29 is 9.59 Å². The number of imide groups is 1. The summed E-state index contributed by atoms with van der Waals surface area (Å²) in [5.74, 6) is -0.557. The maximum atomic E-state index is 12.7. The average molecular weight is 332 g/mol. The van der Waals surface area contributed by atoms with Gasteiger partial charge in [-0.1, -0.05) is 30.4 Å². The van der Waals surface area contributed by atoms with Gasteiger partial charge in [-0.05, 0) is 18.2 Å². The molecule has 1 aliphatic rings. The molecule has 3 rings (SSSR count). The Morgan fingerprint density at radius 1 is 0.880 bits per heavy atom. The molecule has 0 aliphatic carbocycles. The molecule has 0 saturated heterocycles. The van der Waals surface area contributed by atoms with E-state index in [1.165, 1.54) is 4.90 Å². The molecule has 25 heavy (non-hydrogen) atoms. The summed E-state index contributed by atoms with van der Waals surface area (Å²) >= 11 is 0. The van der Waals surface area contributed by atoms with Gasteiger partial charge >= 0.3 is 0 Å². The summed E-state index contributed by atoms with van der Waals surface area (Å²) in [6.45, 7) is 12.7. The third kappa shape index (κ3) is 2.66. The van der Waals surface area contributed by atoms with Gasteiger partial charge in [0.1, 0.15) is 0 Å². The number of hydrogen-bond donors (Lipinski definition) is 0. The summed E-state index contributed by atoms with van der Waals surface area (Å²) in [4.78, 5) is 28.8. The van der Waals surface area contributed by atoms with E-state index in [4.69, 9.17) is 0 Å². The molecule has 0 saturated carbocycles. The molecule has 2 aromatic rings. The zero-order chi connectivity index (χ0) is 18.0. The third-order valence-corrected chi connectivity index (χ3v) is 4.32. The van der Waals surface area contributed by atoms with Crippen LogP contribution in [0.5, 0.6) is 0 Å². The Balaban J connectivity index is 2.25. The van der Waals surface area contributed by atoms with E-state index in [2.05, 4.69) is 24.6 Å². The van der Waals surface area contributed by atoms with Crippen molar-refractivity contribution >= 4 is 28.3 Å². The number of carbonyl (C=O) groups is 2. The fourth-order valence-electron chi connectivity index (χ4n) is 3.28. The van der Waals surface area contributed by atoms with Crippen LogP contribution in [0.4, 0.5) is 5.69 Å². The Bertz CT molecular complexity index is 866. The lowest BCUT2D eigenvalue weighted by molar-refractivity contribution is 0.0629. The Kier molecular flexibility index (Phi) is 4.52. The quantitative estimate of drug-likeness (QED) is 0.572. The van der Waals surface area contributed by atoms with Crippen molar-refractivity contribution in [3.63, 3.8) is 0 Å². The molecule has 0 radical (unpaired) electrons. The first kappa shape index (κ1) is 16.7. The van der Waals surface area contributed by atoms with E-state index in [1.54, 1.807) is 18.2 Å². The topological polar surface area (TPSA) is 40.6 Å². The highest BCUT2D eigenvalue weighted by molar-refractivity contribution is 6.26. The van der Waals surface area contributed by atoms with Gasteiger partial charge in [0.2, 0.25) is 0 Å². The van der Waals surface area contributed by atoms with Gasteiger partial charge in [-0.2, -0.15) is 0 Å². The highest BCUT2D eigenvalue weighted by Gasteiger charge is 2.32. The second-order valence-corrected chi connectivity index (χ2v) is 5.85. The van der Waals surface area contributed by atoms with Crippen molar-refractivity contribution in [3.05, 3.63) is 79.4 Å². The van der Waals surface area contributed by atoms with Crippen molar-refractivity contribution in [1.82, 2.24) is 4.90 Å². The van der Waals surface area contributed by atoms with Crippen LogP contribution in [0.2, 0.25) is 0 Å². The first-order chi connectivity index (χ1) is 12.1. The van der Waals surface area contributed by atoms with Gasteiger partial charge in [0.05, 0.1) is 0 Å². The third-order valence-electron chi connectivity index (χ3n) is 4.32. The van der Waals surface area contributed by atoms with Gasteiger partial charge in [0.25, 0.3) is 11.8 Å². The average Bonchev–Trinajstić information content (AvgIpc) is 2.62. The minimum atomic E-state index is -0.279. The highest BCUT2D eigenvalue weighted by atomic mass is 16.2. The normalized spacial score (nSPS) is 13.0. The molecular weight excluding hydrogens is 312 g/mol. The maximum absolute atomic E-state index is 12.7. The van der Waals surface area contributed by atoms with Crippen LogP contribution < -0.4 is 4.90 Å². The predicted molar refractivity (Wildman–Crippen MR) is 102 cm³/mol. The van der Waals surface area contributed by atoms with Crippen LogP contribution in [0.25, 0.3) is 10.8 Å². The first-order valence-electron chi connectivity index (χ1n) is 8.13. The smallest absolute Gasteiger partial charge is 0.261 e. The van der Waals surface area contributed by atoms with Crippen LogP contribution in [0, 0.1) is 0 Å². The molecule has 0 atom stereocenters. The highest BCUT2D eigenvalue weighted by Crippen LogP contribution is 2.35. The van der Waals surface area contributed by atoms with Crippen LogP contribution in [-0.2, 0) is 0 Å². The molecule has 0 N–H and O–H groups in total. The molecule has 0 spiro atoms. The lowest BCUT2D eigenvalue weighted by Crippen LogP contribution is -2.40. The predicted octanol–water partition coefficient (Wildman–Crippen LogP) is 3.80. The molecule has 2 amide bonds. The number of hydrogen-bond acceptors (Lipinski definition) is 3. The lowest BCUT2D eigenvalue weighted by atomic mass is 9.92. The summed E-state index contributed by atoms with van der Waals surface area (Å²) in [5, 5.41) is 1.60. The number of anilines is 1. The summed E-state index contributed by atoms with van der Waals surface area (Å²) in [6, 6.07) is 9.29. The van der Waals surface area contributed by atoms with Gasteiger partial charge in [0, 0.05) is 47.2 Å². The molecular formula is C21H20N2O2. The van der Waals surface area contributed by atoms with Crippen LogP contribution in [0.3, 0.4) is 0 Å². The van der Waals surface area contributed by atoms with Crippen LogP contribution in [0.15, 0.2) is 68.3 Å². The summed E-state index contributed by atoms with van der Waals surface area (Å²) in [5.41, 5.74) is 2.05. The van der Waals surface area contributed by atoms with E-state index in [9.17, 15) is 9.59 Å². The molecule has 126 valence electrons. The maximum Gasteiger partial charge on any atom is 0.261 e. The molecule has 1 heterocycles. The number of carbonyl (C=O) groups excluding carboxylic acids is 2. The Morgan fingerprint density at radius 3 is 2.12 bits per heavy atom. The standard InChI is InChI=1S/C21H20N2O2/c1-4-12-22(13-5-2)18-11-10-17-19-15(18)8-7-9-16(19)20(24)23(14-6-3)21(17)25/h4-11H,1-3,12-14H2. The van der Waals surface area contributed by atoms with Gasteiger partial charge in [0.15, 0.2) is 0 Å². The molecule has 2 aromatic carbocycles. The molecule has 4 nitrogen and oxygen atoms in total. The molecule has 4 heteroatoms. The SMILES string of the molecule is C=CCN1C(=O)c2cccc3c(N(CC=C)CC=C)ccc(c23)C1=O. The Hall–Kier alpha value is -3.14. The fourth-order valence-corrected chi connectivity index (χ4v) is 3.28. The molecule has 0 unspecified atom stereocenters. The van der Waals surface area contributed by atoms with E-state index in [1.807, 2.05) is 30.4 Å². The van der Waals surface area contributed by atoms with E-state index < -0.39 is 0 Å². The lowest BCUT2D eigenvalue weighted by Gasteiger charge is -2.29. The van der Waals surface area contributed by atoms with Gasteiger partial charge < -0.3 is 4.90 Å². The second kappa shape index (κ2) is 6.77. The fraction of sp³-hybridized carbons (Fsp3) is 0.143. The van der Waals surface area contributed by atoms with Gasteiger partial charge in [-0.25, -0.2) is 0 Å². The van der Waals surface area contributed by atoms with Gasteiger partial charge in [-0.3, -0.25) is 14.5 Å². The Morgan fingerprint density at radius 2 is 1.52 bits per heavy atom. The van der Waals surface area contributed by atoms with Crippen LogP contribution in [0.1, 0.15) is 20.7 Å². The minimum absolute atomic E-state index is 0.203. The summed E-state index contributed by atoms with van der Waals surface area (Å²) in [6.07, 6.45) is 5.20. The molecule has 0 aromatic heterocycles. The van der Waals surface area contributed by atoms with E-state index in [0.717, 1.165) is 11.1 Å². The minimum Gasteiger partial charge on any atom is -0.364 e. The molecule has 0 fully saturated rings. The van der Waals surface area contributed by atoms with Crippen LogP contribution in [-0.4, -0.2) is 36.3 Å². The number of nitrogens with zero attached hydrogens (tertiary/aromatic N) is 2. The zero-order valence-corrected chi connectivity index (χ0v) is 14.1. The monoisotopic (exact) mass is 332 g/mol. The molecule has 0 bridgehead atoms. The van der Waals surface area contributed by atoms with Gasteiger partial charge in [-0.15, -0.1) is 19.7 Å². The van der Waals surface area contributed by atoms with Crippen molar-refractivity contribution in [2.24, 2.45) is 0 Å². The first-order valence-corrected chi connectivity index (χ1v) is 8.13. The summed E-state index contributed by atoms with van der Waals surface area (Å²) < 4.78 is 0. The van der Waals surface area contributed by atoms with Crippen molar-refractivity contribution in [2.75, 3.05) is 24.5 Å². The van der Waals surface area contributed by atoms with E-state index >= 15 is 0 Å². The Labute approximate surface area is 147 Å². The zero-order valence-electron chi connectivity index (χ0n) is 14.1. The van der Waals surface area contributed by atoms with Crippen molar-refractivity contribution in [1.29, 1.82) is 0 Å². The van der Waals surface area contributed by atoms with Crippen molar-refractivity contribution in [3.8, 4) is 0 Å². The number of benzene rings is 2. The van der Waals surface area contributed by atoms with Crippen LogP contribution >= 0.6 is 0 Å². The van der Waals surface area contributed by atoms with E-state index in [0.29, 0.717) is 29.6 Å².